The van der Waals surface area contributed by atoms with Crippen molar-refractivity contribution in [1.82, 2.24) is 39.9 Å². The van der Waals surface area contributed by atoms with Crippen molar-refractivity contribution in [1.29, 1.82) is 5.26 Å². The van der Waals surface area contributed by atoms with Crippen molar-refractivity contribution < 1.29 is 9.90 Å². The SMILES string of the molecule is N#C/C(=C\c1ccc(/C=C/c2ccc3c4nc5nc(nc6[nH]c(nc7nc(nc([nH]4)c3c2)-c2ccccc2-7)c2cc(N)c(N)cc62)-c2ccccc2-5)s1)C(=O)O. The molecule has 13 nitrogen and oxygen atoms in total. The molecule has 2 aliphatic heterocycles. The van der Waals surface area contributed by atoms with E-state index in [4.69, 9.17) is 46.6 Å². The number of carboxylic acid groups (broad SMARTS) is 1. The molecule has 14 heteroatoms. The number of benzene rings is 4. The van der Waals surface area contributed by atoms with Crippen LogP contribution in [0.2, 0.25) is 0 Å². The van der Waals surface area contributed by atoms with Crippen molar-refractivity contribution in [2.24, 2.45) is 0 Å². The molecule has 0 saturated carbocycles. The summed E-state index contributed by atoms with van der Waals surface area (Å²) in [5.74, 6) is 0.641. The van der Waals surface area contributed by atoms with E-state index >= 15 is 0 Å². The Hall–Kier alpha value is -8.02. The minimum atomic E-state index is -1.26. The number of carboxylic acids is 1. The van der Waals surface area contributed by atoms with Crippen molar-refractivity contribution in [2.75, 3.05) is 11.5 Å². The average Bonchev–Trinajstić information content (AvgIpc) is 4.02. The molecule has 6 heterocycles. The van der Waals surface area contributed by atoms with Gasteiger partial charge < -0.3 is 26.5 Å². The van der Waals surface area contributed by atoms with Crippen molar-refractivity contribution in [3.63, 3.8) is 0 Å². The lowest BCUT2D eigenvalue weighted by atomic mass is 10.1. The fraction of sp³-hybridized carbons (Fsp3) is 0. The minimum Gasteiger partial charge on any atom is -0.477 e. The van der Waals surface area contributed by atoms with Crippen molar-refractivity contribution in [2.45, 2.75) is 0 Å². The highest BCUT2D eigenvalue weighted by Crippen LogP contribution is 2.38. The molecule has 0 fully saturated rings. The topological polar surface area (TPSA) is 222 Å². The summed E-state index contributed by atoms with van der Waals surface area (Å²) in [6.07, 6.45) is 5.27. The highest BCUT2D eigenvalue weighted by atomic mass is 32.1. The largest absolute Gasteiger partial charge is 0.477 e. The monoisotopic (exact) mass is 747 g/mol. The van der Waals surface area contributed by atoms with Crippen LogP contribution in [0.1, 0.15) is 15.3 Å². The van der Waals surface area contributed by atoms with Gasteiger partial charge in [0.1, 0.15) is 34.2 Å². The normalized spacial score (nSPS) is 12.2. The van der Waals surface area contributed by atoms with Gasteiger partial charge in [-0.15, -0.1) is 11.3 Å². The fourth-order valence-corrected chi connectivity index (χ4v) is 7.75. The Kier molecular flexibility index (Phi) is 7.31. The molecule has 0 radical (unpaired) electrons. The van der Waals surface area contributed by atoms with Crippen LogP contribution in [-0.2, 0) is 4.79 Å². The molecular weight excluding hydrogens is 723 g/mol. The summed E-state index contributed by atoms with van der Waals surface area (Å²) in [4.78, 5) is 49.9. The van der Waals surface area contributed by atoms with Gasteiger partial charge >= 0.3 is 5.97 Å². The zero-order valence-electron chi connectivity index (χ0n) is 28.9. The van der Waals surface area contributed by atoms with E-state index < -0.39 is 5.97 Å². The molecule has 10 rings (SSSR count). The molecule has 266 valence electrons. The molecule has 0 unspecified atom stereocenters. The second kappa shape index (κ2) is 12.5. The third kappa shape index (κ3) is 5.42. The third-order valence-electron chi connectivity index (χ3n) is 9.60. The van der Waals surface area contributed by atoms with E-state index in [1.807, 2.05) is 84.9 Å². The first kappa shape index (κ1) is 32.6. The molecule has 0 aliphatic carbocycles. The molecule has 4 aromatic carbocycles. The maximum Gasteiger partial charge on any atom is 0.346 e. The van der Waals surface area contributed by atoms with Crippen molar-refractivity contribution in [3.8, 4) is 51.6 Å². The Morgan fingerprint density at radius 1 is 0.607 bits per heavy atom. The highest BCUT2D eigenvalue weighted by Gasteiger charge is 2.22. The van der Waals surface area contributed by atoms with Crippen LogP contribution in [-0.4, -0.2) is 50.9 Å². The van der Waals surface area contributed by atoms with Crippen molar-refractivity contribution in [3.05, 3.63) is 112 Å². The number of aromatic nitrogens is 8. The van der Waals surface area contributed by atoms with E-state index in [1.165, 1.54) is 17.4 Å². The van der Waals surface area contributed by atoms with Crippen LogP contribution >= 0.6 is 11.3 Å². The maximum atomic E-state index is 11.3. The quantitative estimate of drug-likeness (QED) is 0.0655. The Bertz CT molecular complexity index is 3290. The standard InChI is InChI=1S/C42H25N11O2S/c43-19-21(42(54)55)16-23-13-12-22(56-23)11-9-20-10-14-28-29(15-20)39-49-35-26-7-3-4-8-27(26)37(47-35)51-41-31-18-33(45)32(44)17-30(31)40(53-41)50-36-25-6-2-1-5-24(25)34(46-36)48-38(28)52-39/h1-18H,44-45H2,(H,54,55)(H2,46,47,48,49,50,51,52,53)/b11-9+,21-16+. The lowest BCUT2D eigenvalue weighted by Gasteiger charge is -2.00. The first-order chi connectivity index (χ1) is 27.3. The Morgan fingerprint density at radius 3 is 1.55 bits per heavy atom. The van der Waals surface area contributed by atoms with Gasteiger partial charge in [0.25, 0.3) is 0 Å². The van der Waals surface area contributed by atoms with Gasteiger partial charge in [-0.25, -0.2) is 34.7 Å². The Morgan fingerprint density at radius 2 is 1.07 bits per heavy atom. The van der Waals surface area contributed by atoms with E-state index in [0.717, 1.165) is 54.2 Å². The lowest BCUT2D eigenvalue weighted by molar-refractivity contribution is -0.132. The van der Waals surface area contributed by atoms with Gasteiger partial charge in [-0.1, -0.05) is 60.7 Å². The summed E-state index contributed by atoms with van der Waals surface area (Å²) in [5.41, 5.74) is 19.4. The number of nitrogens with one attached hydrogen (secondary N) is 2. The minimum absolute atomic E-state index is 0.323. The molecule has 0 saturated heterocycles. The molecule has 0 atom stereocenters. The summed E-state index contributed by atoms with van der Waals surface area (Å²) in [6.45, 7) is 0. The van der Waals surface area contributed by atoms with Gasteiger partial charge in [0, 0.05) is 53.6 Å². The van der Waals surface area contributed by atoms with E-state index in [9.17, 15) is 9.90 Å². The average molecular weight is 748 g/mol. The number of rotatable bonds is 4. The molecule has 2 aliphatic rings. The van der Waals surface area contributed by atoms with Gasteiger partial charge in [0.05, 0.1) is 11.4 Å². The number of thiophene rings is 1. The summed E-state index contributed by atoms with van der Waals surface area (Å²) in [7, 11) is 0. The lowest BCUT2D eigenvalue weighted by Crippen LogP contribution is -1.96. The van der Waals surface area contributed by atoms with Gasteiger partial charge in [0.15, 0.2) is 23.3 Å². The van der Waals surface area contributed by atoms with Crippen molar-refractivity contribution >= 4 is 91.0 Å². The molecule has 56 heavy (non-hydrogen) atoms. The number of H-pyrrole nitrogens is 2. The van der Waals surface area contributed by atoms with Gasteiger partial charge in [-0.05, 0) is 54.1 Å². The number of nitriles is 1. The molecule has 0 spiro atoms. The van der Waals surface area contributed by atoms with Gasteiger partial charge in [-0.3, -0.25) is 0 Å². The zero-order valence-corrected chi connectivity index (χ0v) is 29.8. The number of aromatic amines is 2. The molecule has 8 aromatic rings. The van der Waals surface area contributed by atoms with E-state index in [-0.39, 0.29) is 5.57 Å². The first-order valence-electron chi connectivity index (χ1n) is 17.3. The zero-order chi connectivity index (χ0) is 38.1. The number of nitrogens with zero attached hydrogens (tertiary/aromatic N) is 7. The van der Waals surface area contributed by atoms with Crippen LogP contribution in [0.4, 0.5) is 11.4 Å². The second-order valence-corrected chi connectivity index (χ2v) is 14.2. The van der Waals surface area contributed by atoms with Gasteiger partial charge in [0.2, 0.25) is 0 Å². The smallest absolute Gasteiger partial charge is 0.346 e. The maximum absolute atomic E-state index is 11.3. The summed E-state index contributed by atoms with van der Waals surface area (Å²) in [6, 6.07) is 30.6. The summed E-state index contributed by atoms with van der Waals surface area (Å²) >= 11 is 1.38. The van der Waals surface area contributed by atoms with E-state index in [1.54, 1.807) is 24.3 Å². The first-order valence-corrected chi connectivity index (χ1v) is 18.1. The van der Waals surface area contributed by atoms with Crippen LogP contribution in [0.5, 0.6) is 0 Å². The number of fused-ring (bicyclic) bond motifs is 20. The molecule has 7 N–H and O–H groups in total. The van der Waals surface area contributed by atoms with Crippen LogP contribution in [0.25, 0.3) is 108 Å². The fourth-order valence-electron chi connectivity index (χ4n) is 6.89. The number of hydrogen-bond donors (Lipinski definition) is 5. The van der Waals surface area contributed by atoms with E-state index in [0.29, 0.717) is 62.1 Å². The highest BCUT2D eigenvalue weighted by molar-refractivity contribution is 7.13. The van der Waals surface area contributed by atoms with E-state index in [2.05, 4.69) is 9.97 Å². The number of hydrogen-bond acceptors (Lipinski definition) is 11. The molecule has 4 aromatic heterocycles. The Balaban J connectivity index is 1.23. The van der Waals surface area contributed by atoms with Crippen LogP contribution in [0, 0.1) is 11.3 Å². The summed E-state index contributed by atoms with van der Waals surface area (Å²) in [5, 5.41) is 21.5. The summed E-state index contributed by atoms with van der Waals surface area (Å²) < 4.78 is 0. The number of anilines is 2. The third-order valence-corrected chi connectivity index (χ3v) is 10.6. The number of aliphatic carboxylic acids is 1. The number of nitrogen functional groups attached to an aromatic ring is 2. The van der Waals surface area contributed by atoms with Crippen LogP contribution in [0.15, 0.2) is 96.6 Å². The number of nitrogens with two attached hydrogens (primary N) is 2. The predicted octanol–water partition coefficient (Wildman–Crippen LogP) is 8.26. The number of carbonyl (C=O) groups is 1. The van der Waals surface area contributed by atoms with Crippen LogP contribution < -0.4 is 11.5 Å². The Labute approximate surface area is 320 Å². The van der Waals surface area contributed by atoms with Crippen LogP contribution in [0.3, 0.4) is 0 Å². The molecule has 8 bridgehead atoms. The molecule has 0 amide bonds. The van der Waals surface area contributed by atoms with Gasteiger partial charge in [-0.2, -0.15) is 5.26 Å². The second-order valence-electron chi connectivity index (χ2n) is 13.1. The molecular formula is C42H25N11O2S. The predicted molar refractivity (Wildman–Crippen MR) is 219 cm³/mol.